The molecule has 5 rings (SSSR count). The summed E-state index contributed by atoms with van der Waals surface area (Å²) < 4.78 is 53.2. The van der Waals surface area contributed by atoms with E-state index in [0.29, 0.717) is 45.3 Å². The van der Waals surface area contributed by atoms with Crippen LogP contribution < -0.4 is 19.3 Å². The first kappa shape index (κ1) is 26.9. The van der Waals surface area contributed by atoms with E-state index < -0.39 is 30.0 Å². The lowest BCUT2D eigenvalue weighted by Gasteiger charge is -2.30. The van der Waals surface area contributed by atoms with Crippen molar-refractivity contribution in [3.63, 3.8) is 0 Å². The molecule has 2 aliphatic heterocycles. The van der Waals surface area contributed by atoms with Gasteiger partial charge in [-0.2, -0.15) is 18.4 Å². The van der Waals surface area contributed by atoms with Crippen molar-refractivity contribution in [3.8, 4) is 17.6 Å². The number of amides is 1. The number of para-hydroxylation sites is 1. The van der Waals surface area contributed by atoms with Crippen molar-refractivity contribution >= 4 is 28.9 Å². The highest BCUT2D eigenvalue weighted by molar-refractivity contribution is 5.98. The number of hydrogen-bond acceptors (Lipinski definition) is 6. The van der Waals surface area contributed by atoms with Gasteiger partial charge >= 0.3 is 18.1 Å². The third kappa shape index (κ3) is 4.88. The van der Waals surface area contributed by atoms with Crippen LogP contribution in [-0.4, -0.2) is 42.9 Å². The molecule has 0 unspecified atom stereocenters. The average molecular weight is 552 g/mol. The van der Waals surface area contributed by atoms with Crippen molar-refractivity contribution in [1.82, 2.24) is 0 Å². The van der Waals surface area contributed by atoms with Gasteiger partial charge in [-0.15, -0.1) is 0 Å². The standard InChI is InChI=1S/C29H24F3N3O5/c1-2-34(19-6-3-5-17(11-19)14-33)23-8-4-7-22-24(16-40-27(22)23)35(28(38)29(30,31)32)20-9-10-21-18(12-26(36)37)15-39-25(21)13-20/h3-11,13,18,24H,2,12,15-16H2,1H3,(H,36,37)/t18-,24-/m1/s1. The number of benzene rings is 3. The van der Waals surface area contributed by atoms with Gasteiger partial charge in [0.2, 0.25) is 0 Å². The third-order valence-corrected chi connectivity index (χ3v) is 7.01. The van der Waals surface area contributed by atoms with E-state index in [0.717, 1.165) is 0 Å². The van der Waals surface area contributed by atoms with Crippen molar-refractivity contribution in [2.75, 3.05) is 29.6 Å². The topological polar surface area (TPSA) is 103 Å². The maximum Gasteiger partial charge on any atom is 0.471 e. The normalized spacial score (nSPS) is 17.2. The molecule has 0 fully saturated rings. The molecule has 2 atom stereocenters. The van der Waals surface area contributed by atoms with Crippen molar-refractivity contribution in [3.05, 3.63) is 77.4 Å². The van der Waals surface area contributed by atoms with E-state index in [2.05, 4.69) is 6.07 Å². The lowest BCUT2D eigenvalue weighted by atomic mass is 9.97. The molecular weight excluding hydrogens is 527 g/mol. The first-order valence-corrected chi connectivity index (χ1v) is 12.5. The highest BCUT2D eigenvalue weighted by atomic mass is 19.4. The van der Waals surface area contributed by atoms with Gasteiger partial charge in [-0.25, -0.2) is 0 Å². The lowest BCUT2D eigenvalue weighted by molar-refractivity contribution is -0.171. The summed E-state index contributed by atoms with van der Waals surface area (Å²) in [5.74, 6) is -2.93. The van der Waals surface area contributed by atoms with Gasteiger partial charge in [0.05, 0.1) is 36.4 Å². The summed E-state index contributed by atoms with van der Waals surface area (Å²) in [6, 6.07) is 17.2. The van der Waals surface area contributed by atoms with Crippen LogP contribution in [0.1, 0.15) is 42.0 Å². The van der Waals surface area contributed by atoms with E-state index in [9.17, 15) is 28.0 Å². The number of carbonyl (C=O) groups excluding carboxylic acids is 1. The van der Waals surface area contributed by atoms with Crippen LogP contribution in [0.4, 0.5) is 30.2 Å². The Balaban J connectivity index is 1.56. The van der Waals surface area contributed by atoms with Crippen LogP contribution >= 0.6 is 0 Å². The summed E-state index contributed by atoms with van der Waals surface area (Å²) in [5.41, 5.74) is 2.67. The van der Waals surface area contributed by atoms with Crippen LogP contribution in [0.25, 0.3) is 0 Å². The molecule has 0 bridgehead atoms. The first-order chi connectivity index (χ1) is 19.1. The Bertz CT molecular complexity index is 1520. The molecule has 0 radical (unpaired) electrons. The third-order valence-electron chi connectivity index (χ3n) is 7.01. The molecule has 11 heteroatoms. The predicted octanol–water partition coefficient (Wildman–Crippen LogP) is 5.70. The smallest absolute Gasteiger partial charge is 0.471 e. The second-order valence-electron chi connectivity index (χ2n) is 9.43. The molecule has 0 saturated carbocycles. The number of fused-ring (bicyclic) bond motifs is 2. The van der Waals surface area contributed by atoms with E-state index in [1.54, 1.807) is 36.4 Å². The van der Waals surface area contributed by atoms with E-state index in [-0.39, 0.29) is 31.1 Å². The van der Waals surface area contributed by atoms with E-state index >= 15 is 0 Å². The molecule has 1 N–H and O–H groups in total. The number of nitriles is 1. The monoisotopic (exact) mass is 551 g/mol. The Labute approximate surface area is 227 Å². The molecule has 40 heavy (non-hydrogen) atoms. The zero-order chi connectivity index (χ0) is 28.6. The number of ether oxygens (including phenoxy) is 2. The van der Waals surface area contributed by atoms with Gasteiger partial charge in [0.15, 0.2) is 0 Å². The maximum absolute atomic E-state index is 13.9. The minimum Gasteiger partial charge on any atom is -0.493 e. The van der Waals surface area contributed by atoms with Gasteiger partial charge in [0.25, 0.3) is 0 Å². The zero-order valence-electron chi connectivity index (χ0n) is 21.3. The quantitative estimate of drug-likeness (QED) is 0.402. The van der Waals surface area contributed by atoms with Gasteiger partial charge in [-0.05, 0) is 37.3 Å². The maximum atomic E-state index is 13.9. The molecule has 0 spiro atoms. The minimum atomic E-state index is -5.17. The van der Waals surface area contributed by atoms with Gasteiger partial charge in [-0.3, -0.25) is 14.5 Å². The molecule has 3 aromatic carbocycles. The fourth-order valence-corrected chi connectivity index (χ4v) is 5.25. The average Bonchev–Trinajstić information content (AvgIpc) is 3.53. The van der Waals surface area contributed by atoms with Crippen molar-refractivity contribution in [2.45, 2.75) is 31.5 Å². The van der Waals surface area contributed by atoms with Gasteiger partial charge in [-0.1, -0.05) is 24.3 Å². The molecule has 0 saturated heterocycles. The SMILES string of the molecule is CCN(c1cccc(C#N)c1)c1cccc2c1OC[C@H]2N(C(=O)C(F)(F)F)c1ccc2c(c1)OC[C@H]2CC(=O)O. The van der Waals surface area contributed by atoms with Crippen molar-refractivity contribution < 1.29 is 37.3 Å². The minimum absolute atomic E-state index is 0.0435. The summed E-state index contributed by atoms with van der Waals surface area (Å²) in [7, 11) is 0. The zero-order valence-corrected chi connectivity index (χ0v) is 21.3. The summed E-state index contributed by atoms with van der Waals surface area (Å²) in [6.45, 7) is 2.23. The van der Waals surface area contributed by atoms with Crippen molar-refractivity contribution in [2.24, 2.45) is 0 Å². The Kier molecular flexibility index (Phi) is 7.02. The Morgan fingerprint density at radius 2 is 1.80 bits per heavy atom. The number of carboxylic acid groups (broad SMARTS) is 1. The molecule has 206 valence electrons. The van der Waals surface area contributed by atoms with Gasteiger partial charge in [0.1, 0.15) is 18.1 Å². The number of halogens is 3. The molecule has 0 aliphatic carbocycles. The Morgan fingerprint density at radius 1 is 1.02 bits per heavy atom. The highest BCUT2D eigenvalue weighted by Gasteiger charge is 2.48. The lowest BCUT2D eigenvalue weighted by Crippen LogP contribution is -2.44. The number of aliphatic carboxylic acids is 1. The van der Waals surface area contributed by atoms with Gasteiger partial charge in [0, 0.05) is 41.0 Å². The predicted molar refractivity (Wildman–Crippen MR) is 139 cm³/mol. The number of hydrogen-bond donors (Lipinski definition) is 1. The molecule has 8 nitrogen and oxygen atoms in total. The van der Waals surface area contributed by atoms with Crippen LogP contribution in [0.15, 0.2) is 60.7 Å². The first-order valence-electron chi connectivity index (χ1n) is 12.5. The Hall–Kier alpha value is -4.72. The summed E-state index contributed by atoms with van der Waals surface area (Å²) in [5, 5.41) is 18.5. The molecule has 1 amide bonds. The van der Waals surface area contributed by atoms with Crippen LogP contribution in [0.5, 0.6) is 11.5 Å². The molecule has 0 aromatic heterocycles. The van der Waals surface area contributed by atoms with E-state index in [4.69, 9.17) is 14.6 Å². The molecule has 2 aliphatic rings. The van der Waals surface area contributed by atoms with E-state index in [1.165, 1.54) is 18.2 Å². The molecule has 2 heterocycles. The number of alkyl halides is 3. The van der Waals surface area contributed by atoms with Crippen LogP contribution in [0, 0.1) is 11.3 Å². The largest absolute Gasteiger partial charge is 0.493 e. The summed E-state index contributed by atoms with van der Waals surface area (Å²) >= 11 is 0. The molecular formula is C29H24F3N3O5. The number of rotatable bonds is 7. The Morgan fingerprint density at radius 3 is 2.50 bits per heavy atom. The number of nitrogens with zero attached hydrogens (tertiary/aromatic N) is 3. The molecule has 3 aromatic rings. The second kappa shape index (κ2) is 10.4. The number of carboxylic acids is 1. The summed E-state index contributed by atoms with van der Waals surface area (Å²) in [4.78, 5) is 26.6. The van der Waals surface area contributed by atoms with E-state index in [1.807, 2.05) is 17.9 Å². The highest BCUT2D eigenvalue weighted by Crippen LogP contribution is 2.48. The number of carbonyl (C=O) groups is 2. The second-order valence-corrected chi connectivity index (χ2v) is 9.43. The number of anilines is 3. The van der Waals surface area contributed by atoms with Crippen LogP contribution in [0.2, 0.25) is 0 Å². The van der Waals surface area contributed by atoms with Gasteiger partial charge < -0.3 is 19.5 Å². The summed E-state index contributed by atoms with van der Waals surface area (Å²) in [6.07, 6.45) is -5.35. The van der Waals surface area contributed by atoms with Crippen LogP contribution in [-0.2, 0) is 9.59 Å². The fourth-order valence-electron chi connectivity index (χ4n) is 5.25. The fraction of sp³-hybridized carbons (Fsp3) is 0.276. The van der Waals surface area contributed by atoms with Crippen molar-refractivity contribution in [1.29, 1.82) is 5.26 Å². The van der Waals surface area contributed by atoms with Crippen LogP contribution in [0.3, 0.4) is 0 Å².